The minimum Gasteiger partial charge on any atom is -0.383 e. The van der Waals surface area contributed by atoms with E-state index in [0.29, 0.717) is 17.5 Å². The molecule has 0 saturated carbocycles. The zero-order valence-electron chi connectivity index (χ0n) is 13.0. The second-order valence-corrected chi connectivity index (χ2v) is 8.63. The standard InChI is InChI=1S/C13H24N4O2S/c1-8(2)11-16-10(14)9(3)12(17-11)15-7-13(4,5)20(6,18)19/h8H,7H2,1-6H3,(H3,14,15,16,17). The van der Waals surface area contributed by atoms with E-state index < -0.39 is 14.6 Å². The van der Waals surface area contributed by atoms with Crippen molar-refractivity contribution in [2.45, 2.75) is 45.3 Å². The topological polar surface area (TPSA) is 98.0 Å². The van der Waals surface area contributed by atoms with Gasteiger partial charge in [0.2, 0.25) is 0 Å². The molecule has 7 heteroatoms. The largest absolute Gasteiger partial charge is 0.383 e. The van der Waals surface area contributed by atoms with Crippen molar-refractivity contribution < 1.29 is 8.42 Å². The minimum atomic E-state index is -3.16. The molecular weight excluding hydrogens is 276 g/mol. The molecule has 1 heterocycles. The van der Waals surface area contributed by atoms with Crippen LogP contribution in [0.4, 0.5) is 11.6 Å². The smallest absolute Gasteiger partial charge is 0.154 e. The fourth-order valence-electron chi connectivity index (χ4n) is 1.41. The quantitative estimate of drug-likeness (QED) is 0.859. The van der Waals surface area contributed by atoms with E-state index in [1.54, 1.807) is 13.8 Å². The summed E-state index contributed by atoms with van der Waals surface area (Å²) >= 11 is 0. The molecule has 114 valence electrons. The highest BCUT2D eigenvalue weighted by atomic mass is 32.2. The van der Waals surface area contributed by atoms with Crippen LogP contribution in [-0.4, -0.2) is 35.9 Å². The normalized spacial score (nSPS) is 12.8. The maximum absolute atomic E-state index is 11.7. The Hall–Kier alpha value is -1.37. The van der Waals surface area contributed by atoms with Gasteiger partial charge in [0.25, 0.3) is 0 Å². The van der Waals surface area contributed by atoms with Crippen molar-refractivity contribution in [2.75, 3.05) is 23.9 Å². The average Bonchev–Trinajstić information content (AvgIpc) is 2.29. The van der Waals surface area contributed by atoms with Crippen molar-refractivity contribution >= 4 is 21.5 Å². The van der Waals surface area contributed by atoms with Crippen molar-refractivity contribution in [1.29, 1.82) is 0 Å². The number of sulfone groups is 1. The number of aromatic nitrogens is 2. The summed E-state index contributed by atoms with van der Waals surface area (Å²) in [7, 11) is -3.16. The van der Waals surface area contributed by atoms with Gasteiger partial charge in [-0.3, -0.25) is 0 Å². The highest BCUT2D eigenvalue weighted by molar-refractivity contribution is 7.92. The lowest BCUT2D eigenvalue weighted by molar-refractivity contribution is 0.559. The summed E-state index contributed by atoms with van der Waals surface area (Å²) in [5.41, 5.74) is 6.61. The lowest BCUT2D eigenvalue weighted by atomic mass is 10.2. The molecule has 0 amide bonds. The summed E-state index contributed by atoms with van der Waals surface area (Å²) in [6.07, 6.45) is 1.23. The Morgan fingerprint density at radius 2 is 1.85 bits per heavy atom. The van der Waals surface area contributed by atoms with E-state index in [9.17, 15) is 8.42 Å². The van der Waals surface area contributed by atoms with E-state index in [1.165, 1.54) is 6.26 Å². The van der Waals surface area contributed by atoms with Crippen LogP contribution in [0.25, 0.3) is 0 Å². The van der Waals surface area contributed by atoms with Crippen molar-refractivity contribution in [2.24, 2.45) is 0 Å². The number of nitrogen functional groups attached to an aromatic ring is 1. The van der Waals surface area contributed by atoms with Crippen LogP contribution in [0.1, 0.15) is 45.0 Å². The van der Waals surface area contributed by atoms with Crippen LogP contribution in [0, 0.1) is 6.92 Å². The van der Waals surface area contributed by atoms with Gasteiger partial charge in [0.05, 0.1) is 4.75 Å². The van der Waals surface area contributed by atoms with Crippen LogP contribution in [-0.2, 0) is 9.84 Å². The fourth-order valence-corrected chi connectivity index (χ4v) is 1.74. The van der Waals surface area contributed by atoms with E-state index in [0.717, 1.165) is 5.56 Å². The molecule has 1 aromatic rings. The molecule has 20 heavy (non-hydrogen) atoms. The Morgan fingerprint density at radius 1 is 1.30 bits per heavy atom. The Labute approximate surface area is 121 Å². The molecule has 1 aromatic heterocycles. The summed E-state index contributed by atoms with van der Waals surface area (Å²) in [4.78, 5) is 8.66. The first-order valence-electron chi connectivity index (χ1n) is 6.53. The molecular formula is C13H24N4O2S. The van der Waals surface area contributed by atoms with Gasteiger partial charge in [0, 0.05) is 24.3 Å². The maximum Gasteiger partial charge on any atom is 0.154 e. The minimum absolute atomic E-state index is 0.154. The van der Waals surface area contributed by atoms with Gasteiger partial charge in [0.15, 0.2) is 9.84 Å². The molecule has 0 aliphatic rings. The molecule has 0 radical (unpaired) electrons. The number of hydrogen-bond acceptors (Lipinski definition) is 6. The Morgan fingerprint density at radius 3 is 2.30 bits per heavy atom. The van der Waals surface area contributed by atoms with Crippen molar-refractivity contribution in [3.8, 4) is 0 Å². The highest BCUT2D eigenvalue weighted by Crippen LogP contribution is 2.22. The summed E-state index contributed by atoms with van der Waals surface area (Å²) in [5.74, 6) is 1.82. The molecule has 0 fully saturated rings. The summed E-state index contributed by atoms with van der Waals surface area (Å²) < 4.78 is 22.5. The van der Waals surface area contributed by atoms with Gasteiger partial charge in [-0.2, -0.15) is 0 Å². The molecule has 0 atom stereocenters. The number of rotatable bonds is 5. The molecule has 0 spiro atoms. The van der Waals surface area contributed by atoms with Crippen LogP contribution >= 0.6 is 0 Å². The molecule has 3 N–H and O–H groups in total. The number of nitrogens with zero attached hydrogens (tertiary/aromatic N) is 2. The van der Waals surface area contributed by atoms with Crippen molar-refractivity contribution in [3.05, 3.63) is 11.4 Å². The fraction of sp³-hybridized carbons (Fsp3) is 0.692. The lowest BCUT2D eigenvalue weighted by Crippen LogP contribution is -2.38. The molecule has 0 aliphatic heterocycles. The van der Waals surface area contributed by atoms with E-state index >= 15 is 0 Å². The average molecular weight is 300 g/mol. The van der Waals surface area contributed by atoms with Crippen LogP contribution in [0.15, 0.2) is 0 Å². The number of nitrogens with one attached hydrogen (secondary N) is 1. The molecule has 1 rings (SSSR count). The van der Waals surface area contributed by atoms with Gasteiger partial charge in [0.1, 0.15) is 17.5 Å². The molecule has 0 aliphatic carbocycles. The Kier molecular flexibility index (Phi) is 4.63. The first kappa shape index (κ1) is 16.7. The van der Waals surface area contributed by atoms with Crippen molar-refractivity contribution in [3.63, 3.8) is 0 Å². The monoisotopic (exact) mass is 300 g/mol. The summed E-state index contributed by atoms with van der Waals surface area (Å²) in [6.45, 7) is 9.40. The lowest BCUT2D eigenvalue weighted by Gasteiger charge is -2.24. The van der Waals surface area contributed by atoms with Gasteiger partial charge in [-0.15, -0.1) is 0 Å². The molecule has 0 bridgehead atoms. The third-order valence-electron chi connectivity index (χ3n) is 3.40. The summed E-state index contributed by atoms with van der Waals surface area (Å²) in [5, 5.41) is 3.09. The van der Waals surface area contributed by atoms with Gasteiger partial charge >= 0.3 is 0 Å². The molecule has 6 nitrogen and oxygen atoms in total. The van der Waals surface area contributed by atoms with E-state index in [-0.39, 0.29) is 12.5 Å². The van der Waals surface area contributed by atoms with Gasteiger partial charge in [-0.25, -0.2) is 18.4 Å². The van der Waals surface area contributed by atoms with Crippen molar-refractivity contribution in [1.82, 2.24) is 9.97 Å². The van der Waals surface area contributed by atoms with Gasteiger partial charge in [-0.1, -0.05) is 13.8 Å². The molecule has 0 unspecified atom stereocenters. The van der Waals surface area contributed by atoms with Crippen LogP contribution in [0.3, 0.4) is 0 Å². The van der Waals surface area contributed by atoms with Gasteiger partial charge in [-0.05, 0) is 20.8 Å². The second-order valence-electron chi connectivity index (χ2n) is 5.98. The number of hydrogen-bond donors (Lipinski definition) is 2. The summed E-state index contributed by atoms with van der Waals surface area (Å²) in [6, 6.07) is 0. The zero-order chi connectivity index (χ0) is 15.7. The first-order chi connectivity index (χ1) is 8.95. The Bertz CT molecular complexity index is 595. The maximum atomic E-state index is 11.7. The van der Waals surface area contributed by atoms with E-state index in [1.807, 2.05) is 20.8 Å². The van der Waals surface area contributed by atoms with Crippen LogP contribution < -0.4 is 11.1 Å². The number of nitrogens with two attached hydrogens (primary N) is 1. The highest BCUT2D eigenvalue weighted by Gasteiger charge is 2.30. The third-order valence-corrected chi connectivity index (χ3v) is 5.55. The number of anilines is 2. The molecule has 0 aromatic carbocycles. The first-order valence-corrected chi connectivity index (χ1v) is 8.42. The zero-order valence-corrected chi connectivity index (χ0v) is 13.8. The SMILES string of the molecule is Cc1c(N)nc(C(C)C)nc1NCC(C)(C)S(C)(=O)=O. The molecule has 0 saturated heterocycles. The van der Waals surface area contributed by atoms with Crippen LogP contribution in [0.2, 0.25) is 0 Å². The third kappa shape index (κ3) is 3.59. The van der Waals surface area contributed by atoms with E-state index in [4.69, 9.17) is 5.73 Å². The van der Waals surface area contributed by atoms with Gasteiger partial charge < -0.3 is 11.1 Å². The second kappa shape index (κ2) is 5.55. The van der Waals surface area contributed by atoms with E-state index in [2.05, 4.69) is 15.3 Å². The predicted molar refractivity (Wildman–Crippen MR) is 82.7 cm³/mol. The predicted octanol–water partition coefficient (Wildman–Crippen LogP) is 1.73. The Balaban J connectivity index is 3.05. The van der Waals surface area contributed by atoms with Crippen LogP contribution in [0.5, 0.6) is 0 Å².